The monoisotopic (exact) mass is 178 g/mol. The standard InChI is InChI=1S/C8H12Cl2/c1-8(10)6-4-2-3-5-7-9/h3,5-6H,2,4,7H2,1H3/b5-3+,8-6-. The van der Waals surface area contributed by atoms with Gasteiger partial charge < -0.3 is 0 Å². The van der Waals surface area contributed by atoms with Gasteiger partial charge in [-0.15, -0.1) is 11.6 Å². The molecule has 0 atom stereocenters. The SMILES string of the molecule is C/C(Cl)=C/CC/C=C/CCl. The van der Waals surface area contributed by atoms with Gasteiger partial charge in [0.2, 0.25) is 0 Å². The summed E-state index contributed by atoms with van der Waals surface area (Å²) in [4.78, 5) is 0. The van der Waals surface area contributed by atoms with Crippen LogP contribution in [0.25, 0.3) is 0 Å². The molecule has 0 nitrogen and oxygen atoms in total. The Morgan fingerprint density at radius 2 is 2.00 bits per heavy atom. The van der Waals surface area contributed by atoms with Crippen LogP contribution in [0.15, 0.2) is 23.3 Å². The first-order valence-corrected chi connectivity index (χ1v) is 4.22. The van der Waals surface area contributed by atoms with Crippen molar-refractivity contribution in [3.8, 4) is 0 Å². The highest BCUT2D eigenvalue weighted by Crippen LogP contribution is 2.02. The van der Waals surface area contributed by atoms with Crippen LogP contribution in [0.2, 0.25) is 0 Å². The number of halogens is 2. The average Bonchev–Trinajstić information content (AvgIpc) is 1.87. The highest BCUT2D eigenvalue weighted by atomic mass is 35.5. The third kappa shape index (κ3) is 8.06. The maximum atomic E-state index is 5.60. The van der Waals surface area contributed by atoms with E-state index in [1.54, 1.807) is 0 Å². The molecule has 0 spiro atoms. The van der Waals surface area contributed by atoms with Gasteiger partial charge >= 0.3 is 0 Å². The third-order valence-corrected chi connectivity index (χ3v) is 1.35. The van der Waals surface area contributed by atoms with Gasteiger partial charge in [-0.2, -0.15) is 0 Å². The molecule has 0 saturated heterocycles. The molecule has 2 heteroatoms. The first kappa shape index (κ1) is 10.1. The highest BCUT2D eigenvalue weighted by Gasteiger charge is 1.79. The Bertz CT molecular complexity index is 121. The van der Waals surface area contributed by atoms with Gasteiger partial charge in [0.05, 0.1) is 0 Å². The van der Waals surface area contributed by atoms with E-state index >= 15 is 0 Å². The number of alkyl halides is 1. The summed E-state index contributed by atoms with van der Waals surface area (Å²) < 4.78 is 0. The number of hydrogen-bond acceptors (Lipinski definition) is 0. The molecule has 0 N–H and O–H groups in total. The van der Waals surface area contributed by atoms with Crippen LogP contribution in [-0.4, -0.2) is 5.88 Å². The van der Waals surface area contributed by atoms with Crippen molar-refractivity contribution < 1.29 is 0 Å². The second kappa shape index (κ2) is 7.17. The molecule has 0 aromatic rings. The zero-order valence-electron chi connectivity index (χ0n) is 6.11. The molecule has 0 amide bonds. The Kier molecular flexibility index (Phi) is 7.21. The molecule has 0 aliphatic carbocycles. The van der Waals surface area contributed by atoms with Crippen LogP contribution in [0.4, 0.5) is 0 Å². The van der Waals surface area contributed by atoms with Crippen LogP contribution in [-0.2, 0) is 0 Å². The van der Waals surface area contributed by atoms with Crippen molar-refractivity contribution in [1.82, 2.24) is 0 Å². The number of rotatable bonds is 4. The molecular formula is C8H12Cl2. The van der Waals surface area contributed by atoms with Gasteiger partial charge in [0.25, 0.3) is 0 Å². The molecular weight excluding hydrogens is 167 g/mol. The van der Waals surface area contributed by atoms with Crippen molar-refractivity contribution >= 4 is 23.2 Å². The van der Waals surface area contributed by atoms with E-state index in [-0.39, 0.29) is 0 Å². The molecule has 0 bridgehead atoms. The van der Waals surface area contributed by atoms with Crippen molar-refractivity contribution in [1.29, 1.82) is 0 Å². The fourth-order valence-corrected chi connectivity index (χ4v) is 0.794. The number of allylic oxidation sites excluding steroid dienone is 4. The molecule has 0 rings (SSSR count). The van der Waals surface area contributed by atoms with E-state index in [9.17, 15) is 0 Å². The number of unbranched alkanes of at least 4 members (excludes halogenated alkanes) is 1. The molecule has 0 fully saturated rings. The molecule has 0 aliphatic heterocycles. The first-order valence-electron chi connectivity index (χ1n) is 3.30. The molecule has 0 aromatic carbocycles. The fraction of sp³-hybridized carbons (Fsp3) is 0.500. The van der Waals surface area contributed by atoms with Crippen molar-refractivity contribution in [2.45, 2.75) is 19.8 Å². The number of hydrogen-bond donors (Lipinski definition) is 0. The quantitative estimate of drug-likeness (QED) is 0.350. The minimum Gasteiger partial charge on any atom is -0.122 e. The van der Waals surface area contributed by atoms with Gasteiger partial charge in [-0.25, -0.2) is 0 Å². The van der Waals surface area contributed by atoms with Crippen LogP contribution in [0.1, 0.15) is 19.8 Å². The summed E-state index contributed by atoms with van der Waals surface area (Å²) in [7, 11) is 0. The van der Waals surface area contributed by atoms with Crippen LogP contribution in [0.5, 0.6) is 0 Å². The minimum absolute atomic E-state index is 0.601. The van der Waals surface area contributed by atoms with Gasteiger partial charge in [-0.3, -0.25) is 0 Å². The van der Waals surface area contributed by atoms with E-state index in [0.29, 0.717) is 5.88 Å². The van der Waals surface area contributed by atoms with Gasteiger partial charge in [-0.1, -0.05) is 29.8 Å². The molecule has 0 aliphatic rings. The highest BCUT2D eigenvalue weighted by molar-refractivity contribution is 6.29. The van der Waals surface area contributed by atoms with E-state index in [1.165, 1.54) is 0 Å². The topological polar surface area (TPSA) is 0 Å². The summed E-state index contributed by atoms with van der Waals surface area (Å²) in [6, 6.07) is 0. The third-order valence-electron chi connectivity index (χ3n) is 1.01. The van der Waals surface area contributed by atoms with Crippen molar-refractivity contribution in [2.24, 2.45) is 0 Å². The summed E-state index contributed by atoms with van der Waals surface area (Å²) in [5.74, 6) is 0.601. The molecule has 0 heterocycles. The molecule has 0 aromatic heterocycles. The second-order valence-electron chi connectivity index (χ2n) is 1.99. The van der Waals surface area contributed by atoms with E-state index in [4.69, 9.17) is 23.2 Å². The normalized spacial score (nSPS) is 12.9. The summed E-state index contributed by atoms with van der Waals surface area (Å²) in [6.45, 7) is 1.88. The lowest BCUT2D eigenvalue weighted by Crippen LogP contribution is -1.67. The lowest BCUT2D eigenvalue weighted by molar-refractivity contribution is 1.04. The molecule has 0 saturated carbocycles. The maximum absolute atomic E-state index is 5.60. The smallest absolute Gasteiger partial charge is 0.0404 e. The van der Waals surface area contributed by atoms with Crippen molar-refractivity contribution in [2.75, 3.05) is 5.88 Å². The van der Waals surface area contributed by atoms with E-state index in [2.05, 4.69) is 6.08 Å². The lowest BCUT2D eigenvalue weighted by atomic mass is 10.3. The van der Waals surface area contributed by atoms with Gasteiger partial charge in [0, 0.05) is 10.9 Å². The molecule has 10 heavy (non-hydrogen) atoms. The van der Waals surface area contributed by atoms with Crippen molar-refractivity contribution in [3.63, 3.8) is 0 Å². The Balaban J connectivity index is 3.21. The van der Waals surface area contributed by atoms with E-state index in [0.717, 1.165) is 17.9 Å². The van der Waals surface area contributed by atoms with Crippen LogP contribution in [0.3, 0.4) is 0 Å². The summed E-state index contributed by atoms with van der Waals surface area (Å²) in [5.41, 5.74) is 0. The predicted molar refractivity (Wildman–Crippen MR) is 48.7 cm³/mol. The Hall–Kier alpha value is 0.0600. The van der Waals surface area contributed by atoms with Crippen LogP contribution < -0.4 is 0 Å². The minimum atomic E-state index is 0.601. The summed E-state index contributed by atoms with van der Waals surface area (Å²) >= 11 is 11.0. The van der Waals surface area contributed by atoms with E-state index < -0.39 is 0 Å². The Labute approximate surface area is 72.5 Å². The van der Waals surface area contributed by atoms with E-state index in [1.807, 2.05) is 19.1 Å². The zero-order chi connectivity index (χ0) is 7.82. The summed E-state index contributed by atoms with van der Waals surface area (Å²) in [6.07, 6.45) is 8.03. The van der Waals surface area contributed by atoms with Crippen LogP contribution in [0, 0.1) is 0 Å². The maximum Gasteiger partial charge on any atom is 0.0404 e. The van der Waals surface area contributed by atoms with Gasteiger partial charge in [0.15, 0.2) is 0 Å². The largest absolute Gasteiger partial charge is 0.122 e. The van der Waals surface area contributed by atoms with Gasteiger partial charge in [-0.05, 0) is 19.8 Å². The van der Waals surface area contributed by atoms with Crippen LogP contribution >= 0.6 is 23.2 Å². The second-order valence-corrected chi connectivity index (χ2v) is 2.90. The molecule has 0 unspecified atom stereocenters. The van der Waals surface area contributed by atoms with Crippen molar-refractivity contribution in [3.05, 3.63) is 23.3 Å². The zero-order valence-corrected chi connectivity index (χ0v) is 7.62. The van der Waals surface area contributed by atoms with Gasteiger partial charge in [0.1, 0.15) is 0 Å². The Morgan fingerprint density at radius 1 is 1.30 bits per heavy atom. The lowest BCUT2D eigenvalue weighted by Gasteiger charge is -1.86. The predicted octanol–water partition coefficient (Wildman–Crippen LogP) is 3.70. The fourth-order valence-electron chi connectivity index (χ4n) is 0.559. The first-order chi connectivity index (χ1) is 4.77. The molecule has 0 radical (unpaired) electrons. The molecule has 58 valence electrons. The Morgan fingerprint density at radius 3 is 2.50 bits per heavy atom. The summed E-state index contributed by atoms with van der Waals surface area (Å²) in [5, 5.41) is 0.860. The average molecular weight is 179 g/mol.